The van der Waals surface area contributed by atoms with E-state index in [0.29, 0.717) is 17.8 Å². The number of hydrogen-bond acceptors (Lipinski definition) is 4. The normalized spacial score (nSPS) is 15.4. The Morgan fingerprint density at radius 1 is 1.24 bits per heavy atom. The standard InChI is InChI=1S/C16H17N3O2/c20-16(21)14-9-18-15(10-17-14)19-13(12-6-7-12)8-11-4-2-1-3-5-11/h1-5,9-10,12-13H,6-8H2,(H,18,19)(H,20,21). The molecule has 1 heterocycles. The number of anilines is 1. The molecule has 1 fully saturated rings. The second kappa shape index (κ2) is 5.91. The van der Waals surface area contributed by atoms with Gasteiger partial charge in [0.1, 0.15) is 5.82 Å². The molecule has 108 valence electrons. The van der Waals surface area contributed by atoms with Gasteiger partial charge >= 0.3 is 5.97 Å². The predicted octanol–water partition coefficient (Wildman–Crippen LogP) is 2.61. The van der Waals surface area contributed by atoms with Gasteiger partial charge in [0, 0.05) is 6.04 Å². The highest BCUT2D eigenvalue weighted by atomic mass is 16.4. The van der Waals surface area contributed by atoms with Crippen molar-refractivity contribution in [2.75, 3.05) is 5.32 Å². The van der Waals surface area contributed by atoms with Crippen LogP contribution in [0.15, 0.2) is 42.7 Å². The molecule has 2 aromatic rings. The van der Waals surface area contributed by atoms with Crippen molar-refractivity contribution in [1.82, 2.24) is 9.97 Å². The summed E-state index contributed by atoms with van der Waals surface area (Å²) >= 11 is 0. The van der Waals surface area contributed by atoms with Crippen molar-refractivity contribution in [2.24, 2.45) is 5.92 Å². The van der Waals surface area contributed by atoms with Gasteiger partial charge < -0.3 is 10.4 Å². The average molecular weight is 283 g/mol. The lowest BCUT2D eigenvalue weighted by Gasteiger charge is -2.18. The number of rotatable bonds is 6. The lowest BCUT2D eigenvalue weighted by Crippen LogP contribution is -2.25. The second-order valence-electron chi connectivity index (χ2n) is 5.37. The maximum absolute atomic E-state index is 10.8. The Balaban J connectivity index is 1.69. The Kier molecular flexibility index (Phi) is 3.81. The summed E-state index contributed by atoms with van der Waals surface area (Å²) in [5, 5.41) is 12.2. The molecule has 1 aliphatic rings. The molecule has 1 unspecified atom stereocenters. The maximum Gasteiger partial charge on any atom is 0.356 e. The van der Waals surface area contributed by atoms with Crippen LogP contribution in [0.3, 0.4) is 0 Å². The van der Waals surface area contributed by atoms with Crippen molar-refractivity contribution in [2.45, 2.75) is 25.3 Å². The van der Waals surface area contributed by atoms with Crippen molar-refractivity contribution in [3.05, 3.63) is 54.0 Å². The molecule has 1 aromatic carbocycles. The number of nitrogens with one attached hydrogen (secondary N) is 1. The van der Waals surface area contributed by atoms with E-state index in [1.807, 2.05) is 18.2 Å². The average Bonchev–Trinajstić information content (AvgIpc) is 3.33. The first-order valence-electron chi connectivity index (χ1n) is 7.08. The molecule has 2 N–H and O–H groups in total. The fourth-order valence-corrected chi connectivity index (χ4v) is 2.41. The van der Waals surface area contributed by atoms with E-state index >= 15 is 0 Å². The molecule has 5 nitrogen and oxygen atoms in total. The molecular weight excluding hydrogens is 266 g/mol. The third kappa shape index (κ3) is 3.56. The number of hydrogen-bond donors (Lipinski definition) is 2. The van der Waals surface area contributed by atoms with E-state index < -0.39 is 5.97 Å². The predicted molar refractivity (Wildman–Crippen MR) is 79.3 cm³/mol. The van der Waals surface area contributed by atoms with Gasteiger partial charge in [-0.3, -0.25) is 0 Å². The van der Waals surface area contributed by atoms with E-state index in [1.165, 1.54) is 30.8 Å². The zero-order valence-corrected chi connectivity index (χ0v) is 11.6. The van der Waals surface area contributed by atoms with Crippen LogP contribution in [0.1, 0.15) is 28.9 Å². The van der Waals surface area contributed by atoms with Gasteiger partial charge in [-0.25, -0.2) is 14.8 Å². The summed E-state index contributed by atoms with van der Waals surface area (Å²) in [7, 11) is 0. The van der Waals surface area contributed by atoms with Crippen LogP contribution in [-0.2, 0) is 6.42 Å². The molecule has 1 aliphatic carbocycles. The fraction of sp³-hybridized carbons (Fsp3) is 0.312. The van der Waals surface area contributed by atoms with E-state index in [4.69, 9.17) is 5.11 Å². The van der Waals surface area contributed by atoms with Crippen molar-refractivity contribution < 1.29 is 9.90 Å². The van der Waals surface area contributed by atoms with Gasteiger partial charge in [0.15, 0.2) is 5.69 Å². The van der Waals surface area contributed by atoms with Gasteiger partial charge in [-0.2, -0.15) is 0 Å². The first-order valence-corrected chi connectivity index (χ1v) is 7.08. The number of aromatic carboxylic acids is 1. The lowest BCUT2D eigenvalue weighted by atomic mass is 10.0. The molecule has 3 rings (SSSR count). The topological polar surface area (TPSA) is 75.1 Å². The minimum Gasteiger partial charge on any atom is -0.476 e. The smallest absolute Gasteiger partial charge is 0.356 e. The van der Waals surface area contributed by atoms with Gasteiger partial charge in [0.25, 0.3) is 0 Å². The Bertz CT molecular complexity index is 609. The van der Waals surface area contributed by atoms with Crippen molar-refractivity contribution in [3.63, 3.8) is 0 Å². The zero-order chi connectivity index (χ0) is 14.7. The number of nitrogens with zero attached hydrogens (tertiary/aromatic N) is 2. The van der Waals surface area contributed by atoms with Crippen molar-refractivity contribution >= 4 is 11.8 Å². The van der Waals surface area contributed by atoms with Gasteiger partial charge in [0.2, 0.25) is 0 Å². The van der Waals surface area contributed by atoms with Crippen LogP contribution in [0.4, 0.5) is 5.82 Å². The van der Waals surface area contributed by atoms with E-state index in [1.54, 1.807) is 0 Å². The lowest BCUT2D eigenvalue weighted by molar-refractivity contribution is 0.0690. The number of aromatic nitrogens is 2. The van der Waals surface area contributed by atoms with E-state index in [9.17, 15) is 4.79 Å². The maximum atomic E-state index is 10.8. The zero-order valence-electron chi connectivity index (χ0n) is 11.6. The quantitative estimate of drug-likeness (QED) is 0.852. The molecule has 0 bridgehead atoms. The van der Waals surface area contributed by atoms with E-state index in [2.05, 4.69) is 27.4 Å². The van der Waals surface area contributed by atoms with Crippen LogP contribution in [0.2, 0.25) is 0 Å². The third-order valence-electron chi connectivity index (χ3n) is 3.69. The minimum atomic E-state index is -1.06. The number of benzene rings is 1. The van der Waals surface area contributed by atoms with Gasteiger partial charge in [-0.15, -0.1) is 0 Å². The Labute approximate surface area is 123 Å². The summed E-state index contributed by atoms with van der Waals surface area (Å²) in [5.41, 5.74) is 1.25. The van der Waals surface area contributed by atoms with Crippen molar-refractivity contribution in [1.29, 1.82) is 0 Å². The molecule has 0 spiro atoms. The highest BCUT2D eigenvalue weighted by Crippen LogP contribution is 2.35. The summed E-state index contributed by atoms with van der Waals surface area (Å²) in [6, 6.07) is 10.7. The molecule has 0 aliphatic heterocycles. The highest BCUT2D eigenvalue weighted by molar-refractivity contribution is 5.84. The Hall–Kier alpha value is -2.43. The summed E-state index contributed by atoms with van der Waals surface area (Å²) in [6.45, 7) is 0. The number of carboxylic acid groups (broad SMARTS) is 1. The van der Waals surface area contributed by atoms with Crippen molar-refractivity contribution in [3.8, 4) is 0 Å². The SMILES string of the molecule is O=C(O)c1cnc(NC(Cc2ccccc2)C2CC2)cn1. The van der Waals surface area contributed by atoms with Crippen LogP contribution in [0.25, 0.3) is 0 Å². The first-order chi connectivity index (χ1) is 10.2. The summed E-state index contributed by atoms with van der Waals surface area (Å²) in [4.78, 5) is 18.8. The van der Waals surface area contributed by atoms with Crippen LogP contribution < -0.4 is 5.32 Å². The van der Waals surface area contributed by atoms with Crippen LogP contribution in [-0.4, -0.2) is 27.1 Å². The second-order valence-corrected chi connectivity index (χ2v) is 5.37. The fourth-order valence-electron chi connectivity index (χ4n) is 2.41. The molecule has 0 saturated heterocycles. The Morgan fingerprint density at radius 2 is 2.00 bits per heavy atom. The van der Waals surface area contributed by atoms with Crippen LogP contribution in [0.5, 0.6) is 0 Å². The highest BCUT2D eigenvalue weighted by Gasteiger charge is 2.31. The summed E-state index contributed by atoms with van der Waals surface area (Å²) in [6.07, 6.45) is 6.17. The molecule has 0 radical (unpaired) electrons. The molecule has 21 heavy (non-hydrogen) atoms. The molecule has 1 saturated carbocycles. The molecule has 1 atom stereocenters. The molecular formula is C16H17N3O2. The van der Waals surface area contributed by atoms with E-state index in [-0.39, 0.29) is 5.69 Å². The summed E-state index contributed by atoms with van der Waals surface area (Å²) < 4.78 is 0. The van der Waals surface area contributed by atoms with E-state index in [0.717, 1.165) is 6.42 Å². The molecule has 1 aromatic heterocycles. The third-order valence-corrected chi connectivity index (χ3v) is 3.69. The first kappa shape index (κ1) is 13.5. The van der Waals surface area contributed by atoms with Crippen LogP contribution in [0, 0.1) is 5.92 Å². The minimum absolute atomic E-state index is 0.0356. The molecule has 5 heteroatoms. The Morgan fingerprint density at radius 3 is 2.57 bits per heavy atom. The monoisotopic (exact) mass is 283 g/mol. The number of carbonyl (C=O) groups is 1. The van der Waals surface area contributed by atoms with Crippen LogP contribution >= 0.6 is 0 Å². The summed E-state index contributed by atoms with van der Waals surface area (Å²) in [5.74, 6) is 0.232. The van der Waals surface area contributed by atoms with Gasteiger partial charge in [0.05, 0.1) is 12.4 Å². The largest absolute Gasteiger partial charge is 0.476 e. The van der Waals surface area contributed by atoms with Gasteiger partial charge in [-0.1, -0.05) is 30.3 Å². The van der Waals surface area contributed by atoms with Gasteiger partial charge in [-0.05, 0) is 30.7 Å². The molecule has 0 amide bonds. The number of carboxylic acids is 1.